The van der Waals surface area contributed by atoms with E-state index in [1.165, 1.54) is 38.3 Å². The van der Waals surface area contributed by atoms with Gasteiger partial charge in [0.25, 0.3) is 0 Å². The van der Waals surface area contributed by atoms with Gasteiger partial charge in [-0.3, -0.25) is 19.4 Å². The predicted octanol–water partition coefficient (Wildman–Crippen LogP) is 6.17. The standard InChI is InChI=1S/C40H47N9O4/c1-3-38(50)44-33-25-34(40(51-2)45-39(33)48-17-14-30(15-18-48)47-21-19-46(20-22-47)29-12-13-29)43-36-26-37(42-27-41-36)49-35(16-23-52-49)28-8-7-11-32(24-28)53-31-9-5-4-6-10-31/h3-11,24-27,29-30,35H,1,12-23H2,2H3,(H,44,50)(H,41,42,43)/t35-/m1/s1. The molecule has 0 radical (unpaired) electrons. The lowest BCUT2D eigenvalue weighted by molar-refractivity contribution is -0.111. The minimum atomic E-state index is -0.313. The quantitative estimate of drug-likeness (QED) is 0.163. The van der Waals surface area contributed by atoms with Crippen LogP contribution in [0.5, 0.6) is 17.4 Å². The highest BCUT2D eigenvalue weighted by Crippen LogP contribution is 2.39. The summed E-state index contributed by atoms with van der Waals surface area (Å²) in [7, 11) is 1.59. The molecule has 3 aliphatic heterocycles. The maximum absolute atomic E-state index is 12.6. The fourth-order valence-corrected chi connectivity index (χ4v) is 7.68. The van der Waals surface area contributed by atoms with Gasteiger partial charge in [0.1, 0.15) is 29.3 Å². The van der Waals surface area contributed by atoms with Gasteiger partial charge in [-0.25, -0.2) is 15.0 Å². The van der Waals surface area contributed by atoms with Crippen molar-refractivity contribution >= 4 is 34.7 Å². The van der Waals surface area contributed by atoms with Crippen LogP contribution in [0.4, 0.5) is 28.8 Å². The Morgan fingerprint density at radius 1 is 0.849 bits per heavy atom. The molecule has 53 heavy (non-hydrogen) atoms. The minimum absolute atomic E-state index is 0.0789. The first-order valence-electron chi connectivity index (χ1n) is 18.6. The zero-order valence-electron chi connectivity index (χ0n) is 30.2. The lowest BCUT2D eigenvalue weighted by atomic mass is 10.0. The van der Waals surface area contributed by atoms with Gasteiger partial charge in [-0.1, -0.05) is 36.9 Å². The molecule has 1 saturated carbocycles. The van der Waals surface area contributed by atoms with Gasteiger partial charge in [0.2, 0.25) is 11.8 Å². The van der Waals surface area contributed by atoms with Crippen LogP contribution in [0.2, 0.25) is 0 Å². The minimum Gasteiger partial charge on any atom is -0.479 e. The molecule has 2 aromatic carbocycles. The molecule has 8 rings (SSSR count). The van der Waals surface area contributed by atoms with Gasteiger partial charge in [0.05, 0.1) is 25.4 Å². The number of hydrogen-bond donors (Lipinski definition) is 2. The molecular formula is C40H47N9O4. The van der Waals surface area contributed by atoms with Crippen LogP contribution in [-0.2, 0) is 9.63 Å². The Kier molecular flexibility index (Phi) is 10.4. The monoisotopic (exact) mass is 717 g/mol. The number of benzene rings is 2. The van der Waals surface area contributed by atoms with E-state index >= 15 is 0 Å². The molecule has 13 heteroatoms. The summed E-state index contributed by atoms with van der Waals surface area (Å²) >= 11 is 0. The number of carbonyl (C=O) groups excluding carboxylic acids is 1. The first-order chi connectivity index (χ1) is 26.0. The second-order valence-corrected chi connectivity index (χ2v) is 14.0. The summed E-state index contributed by atoms with van der Waals surface area (Å²) in [6.07, 6.45) is 8.35. The van der Waals surface area contributed by atoms with Crippen LogP contribution < -0.4 is 30.1 Å². The summed E-state index contributed by atoms with van der Waals surface area (Å²) in [5.74, 6) is 3.39. The van der Waals surface area contributed by atoms with Crippen LogP contribution in [0.1, 0.15) is 43.7 Å². The average Bonchev–Trinajstić information content (AvgIpc) is 3.94. The van der Waals surface area contributed by atoms with Crippen LogP contribution in [0.25, 0.3) is 0 Å². The molecule has 4 aliphatic rings. The summed E-state index contributed by atoms with van der Waals surface area (Å²) in [4.78, 5) is 40.3. The number of nitrogens with zero attached hydrogens (tertiary/aromatic N) is 7. The maximum atomic E-state index is 12.6. The fourth-order valence-electron chi connectivity index (χ4n) is 7.68. The van der Waals surface area contributed by atoms with Crippen molar-refractivity contribution in [1.82, 2.24) is 24.8 Å². The molecule has 3 saturated heterocycles. The molecule has 0 bridgehead atoms. The van der Waals surface area contributed by atoms with Crippen molar-refractivity contribution in [2.75, 3.05) is 73.6 Å². The number of hydroxylamine groups is 1. The molecule has 4 fully saturated rings. The number of ether oxygens (including phenoxy) is 2. The number of hydrogen-bond acceptors (Lipinski definition) is 12. The van der Waals surface area contributed by atoms with Crippen molar-refractivity contribution in [3.05, 3.63) is 91.3 Å². The van der Waals surface area contributed by atoms with E-state index in [0.29, 0.717) is 47.4 Å². The van der Waals surface area contributed by atoms with E-state index in [2.05, 4.69) is 47.9 Å². The maximum Gasteiger partial charge on any atom is 0.247 e. The molecule has 276 valence electrons. The van der Waals surface area contributed by atoms with Crippen molar-refractivity contribution in [1.29, 1.82) is 0 Å². The number of rotatable bonds is 12. The number of piperidine rings is 1. The van der Waals surface area contributed by atoms with E-state index in [1.807, 2.05) is 65.7 Å². The van der Waals surface area contributed by atoms with Gasteiger partial charge < -0.3 is 25.0 Å². The lowest BCUT2D eigenvalue weighted by Gasteiger charge is -2.43. The van der Waals surface area contributed by atoms with E-state index in [0.717, 1.165) is 68.5 Å². The van der Waals surface area contributed by atoms with Crippen molar-refractivity contribution in [3.8, 4) is 17.4 Å². The summed E-state index contributed by atoms with van der Waals surface area (Å²) in [6.45, 7) is 10.5. The summed E-state index contributed by atoms with van der Waals surface area (Å²) in [5, 5.41) is 8.16. The molecule has 1 atom stereocenters. The van der Waals surface area contributed by atoms with Crippen LogP contribution in [-0.4, -0.2) is 95.7 Å². The Labute approximate surface area is 310 Å². The van der Waals surface area contributed by atoms with E-state index in [1.54, 1.807) is 7.11 Å². The normalized spacial score (nSPS) is 19.9. The van der Waals surface area contributed by atoms with E-state index in [-0.39, 0.29) is 11.9 Å². The first-order valence-corrected chi connectivity index (χ1v) is 18.6. The predicted molar refractivity (Wildman–Crippen MR) is 205 cm³/mol. The SMILES string of the molecule is C=CC(=O)Nc1cc(Nc2cc(N3OCC[C@@H]3c3cccc(Oc4ccccc4)c3)ncn2)c(OC)nc1N1CCC(N2CCN(C3CC3)CC2)CC1. The molecular weight excluding hydrogens is 670 g/mol. The molecule has 1 amide bonds. The Morgan fingerprint density at radius 3 is 2.30 bits per heavy atom. The Hall–Kier alpha value is -5.24. The number of nitrogens with one attached hydrogen (secondary N) is 2. The number of aromatic nitrogens is 3. The summed E-state index contributed by atoms with van der Waals surface area (Å²) < 4.78 is 11.9. The smallest absolute Gasteiger partial charge is 0.247 e. The molecule has 2 N–H and O–H groups in total. The number of methoxy groups -OCH3 is 1. The lowest BCUT2D eigenvalue weighted by Crippen LogP contribution is -2.53. The Morgan fingerprint density at radius 2 is 1.58 bits per heavy atom. The second kappa shape index (κ2) is 15.8. The third-order valence-electron chi connectivity index (χ3n) is 10.6. The van der Waals surface area contributed by atoms with Crippen LogP contribution in [0.15, 0.2) is 85.7 Å². The van der Waals surface area contributed by atoms with Gasteiger partial charge in [0, 0.05) is 63.8 Å². The van der Waals surface area contributed by atoms with Crippen molar-refractivity contribution in [2.24, 2.45) is 0 Å². The van der Waals surface area contributed by atoms with Crippen LogP contribution >= 0.6 is 0 Å². The van der Waals surface area contributed by atoms with Gasteiger partial charge >= 0.3 is 0 Å². The molecule has 1 aliphatic carbocycles. The summed E-state index contributed by atoms with van der Waals surface area (Å²) in [6, 6.07) is 22.8. The van der Waals surface area contributed by atoms with E-state index in [9.17, 15) is 4.79 Å². The molecule has 5 heterocycles. The highest BCUT2D eigenvalue weighted by atomic mass is 16.7. The Bertz CT molecular complexity index is 1890. The zero-order chi connectivity index (χ0) is 36.1. The first kappa shape index (κ1) is 34.8. The topological polar surface area (TPSA) is 120 Å². The molecule has 0 unspecified atom stereocenters. The average molecular weight is 718 g/mol. The van der Waals surface area contributed by atoms with Gasteiger partial charge in [-0.05, 0) is 67.7 Å². The number of piperazine rings is 1. The van der Waals surface area contributed by atoms with Gasteiger partial charge in [-0.15, -0.1) is 0 Å². The molecule has 13 nitrogen and oxygen atoms in total. The third-order valence-corrected chi connectivity index (χ3v) is 10.6. The van der Waals surface area contributed by atoms with E-state index in [4.69, 9.17) is 19.3 Å². The fraction of sp³-hybridized carbons (Fsp3) is 0.400. The Balaban J connectivity index is 0.980. The van der Waals surface area contributed by atoms with Gasteiger partial charge in [-0.2, -0.15) is 4.98 Å². The van der Waals surface area contributed by atoms with E-state index < -0.39 is 0 Å². The number of anilines is 5. The van der Waals surface area contributed by atoms with Crippen LogP contribution in [0, 0.1) is 0 Å². The number of amides is 1. The van der Waals surface area contributed by atoms with Gasteiger partial charge in [0.15, 0.2) is 11.6 Å². The number of para-hydroxylation sites is 1. The van der Waals surface area contributed by atoms with Crippen molar-refractivity contribution in [3.63, 3.8) is 0 Å². The molecule has 0 spiro atoms. The number of pyridine rings is 1. The van der Waals surface area contributed by atoms with Crippen molar-refractivity contribution < 1.29 is 19.1 Å². The highest BCUT2D eigenvalue weighted by molar-refractivity contribution is 6.01. The summed E-state index contributed by atoms with van der Waals surface area (Å²) in [5.41, 5.74) is 2.17. The number of carbonyl (C=O) groups is 1. The zero-order valence-corrected chi connectivity index (χ0v) is 30.2. The molecule has 4 aromatic rings. The van der Waals surface area contributed by atoms with Crippen molar-refractivity contribution in [2.45, 2.75) is 50.2 Å². The second-order valence-electron chi connectivity index (χ2n) is 14.0. The molecule has 2 aromatic heterocycles. The third kappa shape index (κ3) is 8.07. The highest BCUT2D eigenvalue weighted by Gasteiger charge is 2.35. The van der Waals surface area contributed by atoms with Crippen LogP contribution in [0.3, 0.4) is 0 Å². The largest absolute Gasteiger partial charge is 0.479 e.